The fourth-order valence-electron chi connectivity index (χ4n) is 4.71. The van der Waals surface area contributed by atoms with Crippen molar-refractivity contribution in [2.45, 2.75) is 45.8 Å². The zero-order chi connectivity index (χ0) is 31.3. The molecule has 0 radical (unpaired) electrons. The molecule has 1 aliphatic rings. The zero-order valence-electron chi connectivity index (χ0n) is 24.5. The van der Waals surface area contributed by atoms with Crippen LogP contribution in [-0.4, -0.2) is 62.9 Å². The molecule has 0 saturated carbocycles. The number of halogens is 1. The van der Waals surface area contributed by atoms with Crippen LogP contribution in [0.3, 0.4) is 0 Å². The van der Waals surface area contributed by atoms with Gasteiger partial charge in [0.1, 0.15) is 11.4 Å². The second-order valence-electron chi connectivity index (χ2n) is 10.8. The Labute approximate surface area is 248 Å². The summed E-state index contributed by atoms with van der Waals surface area (Å²) in [7, 11) is 1.57. The van der Waals surface area contributed by atoms with Crippen LogP contribution in [0.2, 0.25) is 0 Å². The summed E-state index contributed by atoms with van der Waals surface area (Å²) in [6.07, 6.45) is 3.07. The lowest BCUT2D eigenvalue weighted by Gasteiger charge is -2.22. The van der Waals surface area contributed by atoms with Gasteiger partial charge in [-0.25, -0.2) is 13.9 Å². The highest BCUT2D eigenvalue weighted by Crippen LogP contribution is 2.23. The molecule has 228 valence electrons. The summed E-state index contributed by atoms with van der Waals surface area (Å²) < 4.78 is 23.1. The lowest BCUT2D eigenvalue weighted by molar-refractivity contribution is 0.0546. The van der Waals surface area contributed by atoms with Gasteiger partial charge in [-0.1, -0.05) is 18.2 Å². The molecule has 3 aromatic rings. The van der Waals surface area contributed by atoms with Crippen molar-refractivity contribution in [1.29, 1.82) is 5.41 Å². The van der Waals surface area contributed by atoms with Crippen LogP contribution in [0.4, 0.5) is 14.9 Å². The van der Waals surface area contributed by atoms with Crippen molar-refractivity contribution in [2.75, 3.05) is 25.5 Å². The Morgan fingerprint density at radius 2 is 1.81 bits per heavy atom. The predicted octanol–water partition coefficient (Wildman–Crippen LogP) is 3.33. The van der Waals surface area contributed by atoms with E-state index in [1.807, 2.05) is 0 Å². The van der Waals surface area contributed by atoms with Crippen molar-refractivity contribution in [1.82, 2.24) is 24.9 Å². The van der Waals surface area contributed by atoms with Gasteiger partial charge in [0, 0.05) is 38.0 Å². The number of benzene rings is 2. The van der Waals surface area contributed by atoms with Gasteiger partial charge in [0.05, 0.1) is 23.5 Å². The molecule has 0 unspecified atom stereocenters. The molecule has 2 aromatic carbocycles. The van der Waals surface area contributed by atoms with Gasteiger partial charge in [-0.2, -0.15) is 0 Å². The van der Waals surface area contributed by atoms with Crippen LogP contribution in [0.5, 0.6) is 5.75 Å². The first-order valence-electron chi connectivity index (χ1n) is 13.8. The Hall–Kier alpha value is -4.91. The van der Waals surface area contributed by atoms with Crippen molar-refractivity contribution in [2.24, 2.45) is 0 Å². The summed E-state index contributed by atoms with van der Waals surface area (Å²) in [6, 6.07) is 12.1. The van der Waals surface area contributed by atoms with Gasteiger partial charge >= 0.3 is 6.03 Å². The van der Waals surface area contributed by atoms with Crippen LogP contribution >= 0.6 is 0 Å². The first-order valence-corrected chi connectivity index (χ1v) is 13.8. The standard InChI is InChI=1S/C30H36FN7O5/c1-19-26(28(40)38(21-10-6-5-7-11-21)37(19)18-30(2,3)42)27(39)34-20-12-13-23(22(31)16-20)43-24(32)17-25(33-4)35-29(41)36-14-8-9-15-36/h5-7,10-13,16-17,32-33,42H,8-9,14-15,18H2,1-4H3,(H,34,39)(H,35,41)/b25-17+,32-24?. The molecule has 1 aromatic heterocycles. The van der Waals surface area contributed by atoms with E-state index in [0.29, 0.717) is 24.5 Å². The van der Waals surface area contributed by atoms with E-state index in [1.54, 1.807) is 63.1 Å². The Morgan fingerprint density at radius 1 is 1.14 bits per heavy atom. The number of hydrogen-bond donors (Lipinski definition) is 5. The van der Waals surface area contributed by atoms with E-state index in [-0.39, 0.29) is 35.4 Å². The molecule has 43 heavy (non-hydrogen) atoms. The Morgan fingerprint density at radius 3 is 2.42 bits per heavy atom. The van der Waals surface area contributed by atoms with Gasteiger partial charge in [-0.3, -0.25) is 25.0 Å². The third kappa shape index (κ3) is 7.49. The highest BCUT2D eigenvalue weighted by atomic mass is 19.1. The SMILES string of the molecule is CN/C(=C\C(=N)Oc1ccc(NC(=O)c2c(C)n(CC(C)(C)O)n(-c3ccccc3)c2=O)cc1F)NC(=O)N1CCCC1. The number of ether oxygens (including phenoxy) is 1. The number of anilines is 1. The van der Waals surface area contributed by atoms with Crippen LogP contribution in [0.15, 0.2) is 65.2 Å². The fraction of sp³-hybridized carbons (Fsp3) is 0.333. The van der Waals surface area contributed by atoms with Crippen molar-refractivity contribution in [3.63, 3.8) is 0 Å². The Bertz CT molecular complexity index is 1600. The van der Waals surface area contributed by atoms with Crippen LogP contribution in [-0.2, 0) is 6.54 Å². The van der Waals surface area contributed by atoms with E-state index < -0.39 is 28.8 Å². The van der Waals surface area contributed by atoms with Crippen LogP contribution in [0, 0.1) is 18.2 Å². The maximum atomic E-state index is 14.9. The van der Waals surface area contributed by atoms with Gasteiger partial charge in [0.25, 0.3) is 11.5 Å². The molecule has 12 nitrogen and oxygen atoms in total. The molecular weight excluding hydrogens is 557 g/mol. The molecule has 0 spiro atoms. The number of carbonyl (C=O) groups excluding carboxylic acids is 2. The number of hydrogen-bond acceptors (Lipinski definition) is 7. The average Bonchev–Trinajstić information content (AvgIpc) is 3.56. The molecule has 1 saturated heterocycles. The summed E-state index contributed by atoms with van der Waals surface area (Å²) in [4.78, 5) is 40.7. The van der Waals surface area contributed by atoms with Gasteiger partial charge in [-0.05, 0) is 57.9 Å². The van der Waals surface area contributed by atoms with Crippen molar-refractivity contribution in [3.8, 4) is 11.4 Å². The lowest BCUT2D eigenvalue weighted by Crippen LogP contribution is -2.40. The zero-order valence-corrected chi connectivity index (χ0v) is 24.5. The first-order chi connectivity index (χ1) is 20.4. The molecule has 0 aliphatic carbocycles. The molecule has 5 N–H and O–H groups in total. The van der Waals surface area contributed by atoms with E-state index in [2.05, 4.69) is 16.0 Å². The predicted molar refractivity (Wildman–Crippen MR) is 160 cm³/mol. The second-order valence-corrected chi connectivity index (χ2v) is 10.8. The van der Waals surface area contributed by atoms with E-state index in [9.17, 15) is 23.9 Å². The fourth-order valence-corrected chi connectivity index (χ4v) is 4.71. The van der Waals surface area contributed by atoms with E-state index in [0.717, 1.165) is 18.9 Å². The molecule has 1 aliphatic heterocycles. The lowest BCUT2D eigenvalue weighted by atomic mass is 10.1. The number of rotatable bonds is 9. The summed E-state index contributed by atoms with van der Waals surface area (Å²) in [5.41, 5.74) is -1.03. The monoisotopic (exact) mass is 593 g/mol. The number of nitrogens with one attached hydrogen (secondary N) is 4. The van der Waals surface area contributed by atoms with Crippen LogP contribution in [0.1, 0.15) is 42.7 Å². The number of amides is 3. The highest BCUT2D eigenvalue weighted by Gasteiger charge is 2.27. The number of carbonyl (C=O) groups is 2. The van der Waals surface area contributed by atoms with Crippen LogP contribution < -0.4 is 26.2 Å². The maximum absolute atomic E-state index is 14.9. The summed E-state index contributed by atoms with van der Waals surface area (Å²) in [5.74, 6) is -2.12. The van der Waals surface area contributed by atoms with Crippen LogP contribution in [0.25, 0.3) is 5.69 Å². The van der Waals surface area contributed by atoms with E-state index in [4.69, 9.17) is 10.1 Å². The smallest absolute Gasteiger partial charge is 0.322 e. The minimum atomic E-state index is -1.18. The maximum Gasteiger partial charge on any atom is 0.322 e. The molecule has 0 bridgehead atoms. The number of aromatic nitrogens is 2. The van der Waals surface area contributed by atoms with Gasteiger partial charge < -0.3 is 25.4 Å². The van der Waals surface area contributed by atoms with Crippen molar-refractivity contribution >= 4 is 23.5 Å². The third-order valence-electron chi connectivity index (χ3n) is 6.75. The molecule has 0 atom stereocenters. The molecule has 2 heterocycles. The van der Waals surface area contributed by atoms with E-state index >= 15 is 0 Å². The van der Waals surface area contributed by atoms with Gasteiger partial charge in [-0.15, -0.1) is 0 Å². The van der Waals surface area contributed by atoms with Gasteiger partial charge in [0.15, 0.2) is 11.6 Å². The summed E-state index contributed by atoms with van der Waals surface area (Å²) in [5, 5.41) is 26.5. The molecule has 4 rings (SSSR count). The number of nitrogens with zero attached hydrogens (tertiary/aromatic N) is 3. The summed E-state index contributed by atoms with van der Waals surface area (Å²) >= 11 is 0. The molecule has 1 fully saturated rings. The number of para-hydroxylation sites is 1. The quantitative estimate of drug-likeness (QED) is 0.190. The number of likely N-dealkylation sites (tertiary alicyclic amines) is 1. The third-order valence-corrected chi connectivity index (χ3v) is 6.75. The van der Waals surface area contributed by atoms with E-state index in [1.165, 1.54) is 27.6 Å². The molecular formula is C30H36FN7O5. The minimum Gasteiger partial charge on any atom is -0.436 e. The molecule has 3 amide bonds. The largest absolute Gasteiger partial charge is 0.436 e. The highest BCUT2D eigenvalue weighted by molar-refractivity contribution is 6.05. The summed E-state index contributed by atoms with van der Waals surface area (Å²) in [6.45, 7) is 6.14. The Balaban J connectivity index is 1.51. The minimum absolute atomic E-state index is 0.0362. The van der Waals surface area contributed by atoms with Gasteiger partial charge in [0.2, 0.25) is 5.90 Å². The average molecular weight is 594 g/mol. The van der Waals surface area contributed by atoms with Crippen molar-refractivity contribution < 1.29 is 23.8 Å². The second kappa shape index (κ2) is 12.9. The molecule has 13 heteroatoms. The topological polar surface area (TPSA) is 154 Å². The van der Waals surface area contributed by atoms with Crippen molar-refractivity contribution in [3.05, 3.63) is 87.9 Å². The Kier molecular flexibility index (Phi) is 9.34. The number of urea groups is 1. The normalized spacial score (nSPS) is 13.5. The number of aliphatic hydroxyl groups is 1. The first kappa shape index (κ1) is 31.0.